The third-order valence-corrected chi connectivity index (χ3v) is 4.07. The molecule has 2 rings (SSSR count). The van der Waals surface area contributed by atoms with Gasteiger partial charge in [-0.3, -0.25) is 4.79 Å². The number of hydrogen-bond acceptors (Lipinski definition) is 7. The van der Waals surface area contributed by atoms with Crippen molar-refractivity contribution >= 4 is 17.5 Å². The van der Waals surface area contributed by atoms with Crippen molar-refractivity contribution in [2.45, 2.75) is 20.8 Å². The second-order valence-corrected chi connectivity index (χ2v) is 6.22. The van der Waals surface area contributed by atoms with Crippen molar-refractivity contribution in [1.82, 2.24) is 0 Å². The Bertz CT molecular complexity index is 823. The van der Waals surface area contributed by atoms with Crippen LogP contribution < -0.4 is 14.2 Å². The molecule has 0 N–H and O–H groups in total. The van der Waals surface area contributed by atoms with Gasteiger partial charge in [0.15, 0.2) is 17.3 Å². The van der Waals surface area contributed by atoms with Crippen molar-refractivity contribution in [2.24, 2.45) is 11.1 Å². The van der Waals surface area contributed by atoms with Gasteiger partial charge in [0.2, 0.25) is 5.75 Å². The minimum Gasteiger partial charge on any atom is -0.493 e. The first-order valence-corrected chi connectivity index (χ1v) is 8.36. The minimum atomic E-state index is -0.687. The van der Waals surface area contributed by atoms with Crippen LogP contribution in [0, 0.1) is 5.92 Å². The zero-order valence-electron chi connectivity index (χ0n) is 16.3. The van der Waals surface area contributed by atoms with E-state index in [0.29, 0.717) is 34.1 Å². The smallest absolute Gasteiger partial charge is 0.366 e. The van der Waals surface area contributed by atoms with E-state index in [9.17, 15) is 9.59 Å². The Morgan fingerprint density at radius 1 is 1.00 bits per heavy atom. The van der Waals surface area contributed by atoms with Gasteiger partial charge in [0, 0.05) is 0 Å². The molecule has 1 aliphatic carbocycles. The normalized spacial score (nSPS) is 15.4. The lowest BCUT2D eigenvalue weighted by atomic mass is 9.90. The Hall–Kier alpha value is -3.09. The van der Waals surface area contributed by atoms with Crippen molar-refractivity contribution in [1.29, 1.82) is 0 Å². The fourth-order valence-corrected chi connectivity index (χ4v) is 2.57. The summed E-state index contributed by atoms with van der Waals surface area (Å²) in [4.78, 5) is 29.4. The lowest BCUT2D eigenvalue weighted by Gasteiger charge is -2.16. The van der Waals surface area contributed by atoms with Gasteiger partial charge in [-0.2, -0.15) is 0 Å². The molecule has 0 radical (unpaired) electrons. The third-order valence-electron chi connectivity index (χ3n) is 4.07. The molecule has 0 saturated carbocycles. The van der Waals surface area contributed by atoms with Crippen molar-refractivity contribution in [3.05, 3.63) is 41.0 Å². The maximum atomic E-state index is 12.5. The second-order valence-electron chi connectivity index (χ2n) is 6.22. The van der Waals surface area contributed by atoms with Gasteiger partial charge in [-0.05, 0) is 48.3 Å². The predicted octanol–water partition coefficient (Wildman–Crippen LogP) is 3.34. The molecule has 0 spiro atoms. The molecule has 0 fully saturated rings. The average molecular weight is 373 g/mol. The second kappa shape index (κ2) is 8.53. The van der Waals surface area contributed by atoms with E-state index in [1.54, 1.807) is 13.0 Å². The van der Waals surface area contributed by atoms with Gasteiger partial charge in [0.05, 0.1) is 26.9 Å². The van der Waals surface area contributed by atoms with Crippen molar-refractivity contribution in [2.75, 3.05) is 21.3 Å². The van der Waals surface area contributed by atoms with E-state index in [0.717, 1.165) is 0 Å². The third kappa shape index (κ3) is 4.36. The summed E-state index contributed by atoms with van der Waals surface area (Å²) in [5.74, 6) is 0.326. The number of carbonyl (C=O) groups is 2. The molecule has 0 aromatic heterocycles. The van der Waals surface area contributed by atoms with Gasteiger partial charge in [0.25, 0.3) is 0 Å². The van der Waals surface area contributed by atoms with Crippen LogP contribution in [0.2, 0.25) is 0 Å². The summed E-state index contributed by atoms with van der Waals surface area (Å²) in [5, 5.41) is 3.96. The zero-order chi connectivity index (χ0) is 20.1. The molecule has 1 aliphatic rings. The number of benzene rings is 1. The van der Waals surface area contributed by atoms with Crippen LogP contribution in [-0.4, -0.2) is 38.8 Å². The first-order chi connectivity index (χ1) is 12.8. The fourth-order valence-electron chi connectivity index (χ4n) is 2.57. The Morgan fingerprint density at radius 2 is 1.59 bits per heavy atom. The molecule has 0 saturated heterocycles. The first-order valence-electron chi connectivity index (χ1n) is 8.36. The number of ether oxygens (including phenoxy) is 3. The highest BCUT2D eigenvalue weighted by atomic mass is 16.7. The molecule has 0 aliphatic heterocycles. The molecular formula is C20H23NO6. The predicted molar refractivity (Wildman–Crippen MR) is 101 cm³/mol. The molecule has 1 aromatic rings. The van der Waals surface area contributed by atoms with E-state index in [1.807, 2.05) is 13.8 Å². The van der Waals surface area contributed by atoms with Gasteiger partial charge < -0.3 is 19.0 Å². The van der Waals surface area contributed by atoms with Crippen LogP contribution in [0.15, 0.2) is 40.6 Å². The number of hydrogen-bond donors (Lipinski definition) is 0. The summed E-state index contributed by atoms with van der Waals surface area (Å²) < 4.78 is 15.7. The van der Waals surface area contributed by atoms with Gasteiger partial charge >= 0.3 is 5.97 Å². The van der Waals surface area contributed by atoms with Crippen LogP contribution in [0.25, 0.3) is 0 Å². The van der Waals surface area contributed by atoms with E-state index in [-0.39, 0.29) is 17.3 Å². The average Bonchev–Trinajstić information content (AvgIpc) is 2.66. The Morgan fingerprint density at radius 3 is 2.07 bits per heavy atom. The summed E-state index contributed by atoms with van der Waals surface area (Å²) >= 11 is 0. The maximum Gasteiger partial charge on any atom is 0.366 e. The van der Waals surface area contributed by atoms with E-state index < -0.39 is 5.97 Å². The van der Waals surface area contributed by atoms with Gasteiger partial charge in [0.1, 0.15) is 5.71 Å². The minimum absolute atomic E-state index is 0.0527. The summed E-state index contributed by atoms with van der Waals surface area (Å²) in [5.41, 5.74) is 1.88. The quantitative estimate of drug-likeness (QED) is 0.432. The fraction of sp³-hybridized carbons (Fsp3) is 0.350. The summed E-state index contributed by atoms with van der Waals surface area (Å²) in [6, 6.07) is 2.96. The Kier molecular flexibility index (Phi) is 6.39. The highest BCUT2D eigenvalue weighted by molar-refractivity contribution is 6.21. The standard InChI is InChI=1S/C20H23NO6/c1-11(2)14-10-16(22)12(3)7-15(14)21-27-20(23)13-8-17(24-4)19(26-6)18(9-13)25-5/h7-11H,1-6H3. The molecular weight excluding hydrogens is 350 g/mol. The number of allylic oxidation sites excluding steroid dienone is 4. The van der Waals surface area contributed by atoms with Crippen molar-refractivity contribution in [3.8, 4) is 17.2 Å². The first kappa shape index (κ1) is 20.2. The van der Waals surface area contributed by atoms with E-state index >= 15 is 0 Å². The van der Waals surface area contributed by atoms with Crippen LogP contribution in [0.3, 0.4) is 0 Å². The maximum absolute atomic E-state index is 12.5. The van der Waals surface area contributed by atoms with E-state index in [2.05, 4.69) is 5.16 Å². The van der Waals surface area contributed by atoms with Gasteiger partial charge in [-0.1, -0.05) is 19.0 Å². The Balaban J connectivity index is 2.33. The van der Waals surface area contributed by atoms with Gasteiger partial charge in [-0.25, -0.2) is 4.79 Å². The van der Waals surface area contributed by atoms with Crippen LogP contribution in [0.4, 0.5) is 0 Å². The number of oxime groups is 1. The highest BCUT2D eigenvalue weighted by Gasteiger charge is 2.21. The van der Waals surface area contributed by atoms with Gasteiger partial charge in [-0.15, -0.1) is 0 Å². The summed E-state index contributed by atoms with van der Waals surface area (Å²) in [7, 11) is 4.39. The highest BCUT2D eigenvalue weighted by Crippen LogP contribution is 2.38. The lowest BCUT2D eigenvalue weighted by molar-refractivity contribution is -0.111. The molecule has 0 amide bonds. The molecule has 0 unspecified atom stereocenters. The topological polar surface area (TPSA) is 83.4 Å². The monoisotopic (exact) mass is 373 g/mol. The molecule has 7 heteroatoms. The number of rotatable bonds is 6. The Labute approximate surface area is 158 Å². The van der Waals surface area contributed by atoms with Crippen LogP contribution >= 0.6 is 0 Å². The molecule has 144 valence electrons. The number of nitrogens with zero attached hydrogens (tertiary/aromatic N) is 1. The van der Waals surface area contributed by atoms with Crippen LogP contribution in [-0.2, 0) is 9.63 Å². The van der Waals surface area contributed by atoms with Crippen molar-refractivity contribution in [3.63, 3.8) is 0 Å². The van der Waals surface area contributed by atoms with E-state index in [4.69, 9.17) is 19.0 Å². The number of ketones is 1. The molecule has 1 aromatic carbocycles. The van der Waals surface area contributed by atoms with E-state index in [1.165, 1.54) is 39.5 Å². The van der Waals surface area contributed by atoms with Crippen LogP contribution in [0.1, 0.15) is 31.1 Å². The van der Waals surface area contributed by atoms with Crippen LogP contribution in [0.5, 0.6) is 17.2 Å². The molecule has 27 heavy (non-hydrogen) atoms. The summed E-state index contributed by atoms with van der Waals surface area (Å²) in [6.07, 6.45) is 3.13. The summed E-state index contributed by atoms with van der Waals surface area (Å²) in [6.45, 7) is 5.56. The number of methoxy groups -OCH3 is 3. The SMILES string of the molecule is COc1cc(C(=O)ON=C2C=C(C)C(=O)C=C2C(C)C)cc(OC)c1OC. The van der Waals surface area contributed by atoms with Crippen molar-refractivity contribution < 1.29 is 28.6 Å². The number of carbonyl (C=O) groups excluding carboxylic acids is 2. The molecule has 0 bridgehead atoms. The zero-order valence-corrected chi connectivity index (χ0v) is 16.3. The molecule has 0 heterocycles. The lowest BCUT2D eigenvalue weighted by Crippen LogP contribution is -2.16. The molecule has 7 nitrogen and oxygen atoms in total. The molecule has 0 atom stereocenters. The largest absolute Gasteiger partial charge is 0.493 e.